The molecular formula is C22H28ClN3O. The fraction of sp³-hybridized carbons (Fsp3) is 0.409. The van der Waals surface area contributed by atoms with E-state index >= 15 is 0 Å². The standard InChI is InChI=1S/C22H28ClN3O/c1-4-15(2)14-24-10-5-11-25-22-18-8-6-16(23)12-21(18)26-20-9-7-17(27-3)13-19(20)22/h6-9,12-13,15,24H,4-5,10-11,14H2,1-3H3,(H,25,26). The SMILES string of the molecule is CCC(C)CNCCCNc1c2ccc(Cl)cc2nc2ccc(OC)cc12. The van der Waals surface area contributed by atoms with Crippen LogP contribution in [0, 0.1) is 5.92 Å². The van der Waals surface area contributed by atoms with E-state index in [0.717, 1.165) is 65.2 Å². The molecule has 0 saturated heterocycles. The molecule has 0 aliphatic rings. The molecule has 0 bridgehead atoms. The molecule has 2 aromatic carbocycles. The number of aromatic nitrogens is 1. The number of nitrogens with zero attached hydrogens (tertiary/aromatic N) is 1. The van der Waals surface area contributed by atoms with Gasteiger partial charge in [0.05, 0.1) is 23.8 Å². The van der Waals surface area contributed by atoms with E-state index in [2.05, 4.69) is 24.5 Å². The van der Waals surface area contributed by atoms with Gasteiger partial charge in [0.1, 0.15) is 5.75 Å². The van der Waals surface area contributed by atoms with Gasteiger partial charge in [-0.2, -0.15) is 0 Å². The van der Waals surface area contributed by atoms with Gasteiger partial charge in [0, 0.05) is 22.3 Å². The topological polar surface area (TPSA) is 46.2 Å². The van der Waals surface area contributed by atoms with Gasteiger partial charge < -0.3 is 15.4 Å². The van der Waals surface area contributed by atoms with Crippen LogP contribution in [-0.4, -0.2) is 31.7 Å². The third kappa shape index (κ3) is 4.82. The van der Waals surface area contributed by atoms with Crippen LogP contribution in [0.1, 0.15) is 26.7 Å². The summed E-state index contributed by atoms with van der Waals surface area (Å²) >= 11 is 6.18. The van der Waals surface area contributed by atoms with Gasteiger partial charge >= 0.3 is 0 Å². The van der Waals surface area contributed by atoms with Crippen molar-refractivity contribution in [3.05, 3.63) is 41.4 Å². The Morgan fingerprint density at radius 1 is 1.07 bits per heavy atom. The van der Waals surface area contributed by atoms with Crippen molar-refractivity contribution < 1.29 is 4.74 Å². The summed E-state index contributed by atoms with van der Waals surface area (Å²) in [6.07, 6.45) is 2.27. The molecule has 0 fully saturated rings. The third-order valence-electron chi connectivity index (χ3n) is 4.96. The summed E-state index contributed by atoms with van der Waals surface area (Å²) in [6, 6.07) is 11.8. The number of benzene rings is 2. The summed E-state index contributed by atoms with van der Waals surface area (Å²) in [5, 5.41) is 10.00. The predicted octanol–water partition coefficient (Wildman–Crippen LogP) is 5.49. The van der Waals surface area contributed by atoms with E-state index in [1.165, 1.54) is 6.42 Å². The van der Waals surface area contributed by atoms with Crippen molar-refractivity contribution in [2.45, 2.75) is 26.7 Å². The minimum Gasteiger partial charge on any atom is -0.497 e. The minimum atomic E-state index is 0.697. The van der Waals surface area contributed by atoms with E-state index in [-0.39, 0.29) is 0 Å². The fourth-order valence-corrected chi connectivity index (χ4v) is 3.30. The van der Waals surface area contributed by atoms with Crippen molar-refractivity contribution in [1.82, 2.24) is 10.3 Å². The highest BCUT2D eigenvalue weighted by Crippen LogP contribution is 2.34. The number of hydrogen-bond acceptors (Lipinski definition) is 4. The quantitative estimate of drug-likeness (QED) is 0.377. The average molecular weight is 386 g/mol. The number of methoxy groups -OCH3 is 1. The van der Waals surface area contributed by atoms with Gasteiger partial charge in [0.25, 0.3) is 0 Å². The highest BCUT2D eigenvalue weighted by molar-refractivity contribution is 6.31. The van der Waals surface area contributed by atoms with E-state index in [0.29, 0.717) is 5.02 Å². The molecule has 0 amide bonds. The molecule has 1 unspecified atom stereocenters. The van der Waals surface area contributed by atoms with E-state index in [1.807, 2.05) is 36.4 Å². The molecule has 1 aromatic heterocycles. The summed E-state index contributed by atoms with van der Waals surface area (Å²) in [6.45, 7) is 7.48. The zero-order valence-electron chi connectivity index (χ0n) is 16.3. The molecule has 0 aliphatic heterocycles. The number of nitrogens with one attached hydrogen (secondary N) is 2. The number of pyridine rings is 1. The number of fused-ring (bicyclic) bond motifs is 2. The van der Waals surface area contributed by atoms with Crippen molar-refractivity contribution >= 4 is 39.1 Å². The smallest absolute Gasteiger partial charge is 0.119 e. The molecule has 0 radical (unpaired) electrons. The summed E-state index contributed by atoms with van der Waals surface area (Å²) < 4.78 is 5.41. The molecule has 2 N–H and O–H groups in total. The lowest BCUT2D eigenvalue weighted by atomic mass is 10.1. The Labute approximate surface area is 166 Å². The zero-order chi connectivity index (χ0) is 19.2. The van der Waals surface area contributed by atoms with Crippen molar-refractivity contribution in [2.24, 2.45) is 5.92 Å². The summed E-state index contributed by atoms with van der Waals surface area (Å²) in [5.74, 6) is 1.55. The van der Waals surface area contributed by atoms with Crippen LogP contribution >= 0.6 is 11.6 Å². The maximum Gasteiger partial charge on any atom is 0.119 e. The molecule has 3 aromatic rings. The highest BCUT2D eigenvalue weighted by atomic mass is 35.5. The first-order valence-electron chi connectivity index (χ1n) is 9.64. The second-order valence-electron chi connectivity index (χ2n) is 7.03. The van der Waals surface area contributed by atoms with E-state index < -0.39 is 0 Å². The van der Waals surface area contributed by atoms with Crippen molar-refractivity contribution in [3.8, 4) is 5.75 Å². The van der Waals surface area contributed by atoms with Gasteiger partial charge in [-0.15, -0.1) is 0 Å². The number of ether oxygens (including phenoxy) is 1. The molecule has 1 atom stereocenters. The van der Waals surface area contributed by atoms with Gasteiger partial charge in [0.15, 0.2) is 0 Å². The first-order chi connectivity index (χ1) is 13.1. The van der Waals surface area contributed by atoms with Crippen molar-refractivity contribution in [1.29, 1.82) is 0 Å². The van der Waals surface area contributed by atoms with Crippen LogP contribution < -0.4 is 15.4 Å². The highest BCUT2D eigenvalue weighted by Gasteiger charge is 2.10. The normalized spacial score (nSPS) is 12.4. The van der Waals surface area contributed by atoms with Crippen LogP contribution in [0.25, 0.3) is 21.8 Å². The second-order valence-corrected chi connectivity index (χ2v) is 7.47. The molecule has 0 aliphatic carbocycles. The summed E-state index contributed by atoms with van der Waals surface area (Å²) in [7, 11) is 1.69. The average Bonchev–Trinajstić information content (AvgIpc) is 2.68. The summed E-state index contributed by atoms with van der Waals surface area (Å²) in [4.78, 5) is 4.77. The first kappa shape index (κ1) is 19.7. The molecule has 27 heavy (non-hydrogen) atoms. The van der Waals surface area contributed by atoms with Crippen LogP contribution in [0.4, 0.5) is 5.69 Å². The van der Waals surface area contributed by atoms with Crippen LogP contribution in [0.15, 0.2) is 36.4 Å². The Morgan fingerprint density at radius 2 is 1.93 bits per heavy atom. The van der Waals surface area contributed by atoms with Crippen molar-refractivity contribution in [3.63, 3.8) is 0 Å². The maximum absolute atomic E-state index is 6.18. The van der Waals surface area contributed by atoms with Gasteiger partial charge in [-0.05, 0) is 61.8 Å². The Balaban J connectivity index is 1.82. The first-order valence-corrected chi connectivity index (χ1v) is 10.0. The Kier molecular flexibility index (Phi) is 6.75. The lowest BCUT2D eigenvalue weighted by Crippen LogP contribution is -2.23. The number of hydrogen-bond donors (Lipinski definition) is 2. The lowest BCUT2D eigenvalue weighted by molar-refractivity contribution is 0.415. The predicted molar refractivity (Wildman–Crippen MR) is 116 cm³/mol. The van der Waals surface area contributed by atoms with Gasteiger partial charge in [-0.25, -0.2) is 4.98 Å². The monoisotopic (exact) mass is 385 g/mol. The third-order valence-corrected chi connectivity index (χ3v) is 5.20. The molecule has 3 rings (SSSR count). The van der Waals surface area contributed by atoms with Crippen LogP contribution in [0.3, 0.4) is 0 Å². The van der Waals surface area contributed by atoms with Gasteiger partial charge in [0.2, 0.25) is 0 Å². The van der Waals surface area contributed by atoms with Gasteiger partial charge in [-0.1, -0.05) is 31.9 Å². The maximum atomic E-state index is 6.18. The molecule has 1 heterocycles. The molecule has 4 nitrogen and oxygen atoms in total. The fourth-order valence-electron chi connectivity index (χ4n) is 3.13. The second kappa shape index (κ2) is 9.25. The van der Waals surface area contributed by atoms with Crippen molar-refractivity contribution in [2.75, 3.05) is 32.1 Å². The molecule has 0 spiro atoms. The molecular weight excluding hydrogens is 358 g/mol. The van der Waals surface area contributed by atoms with E-state index in [9.17, 15) is 0 Å². The Morgan fingerprint density at radius 3 is 2.70 bits per heavy atom. The Bertz CT molecular complexity index is 913. The Hall–Kier alpha value is -2.04. The van der Waals surface area contributed by atoms with Crippen LogP contribution in [0.2, 0.25) is 5.02 Å². The van der Waals surface area contributed by atoms with E-state index in [4.69, 9.17) is 21.3 Å². The minimum absolute atomic E-state index is 0.697. The molecule has 0 saturated carbocycles. The molecule has 5 heteroatoms. The van der Waals surface area contributed by atoms with Crippen LogP contribution in [-0.2, 0) is 0 Å². The van der Waals surface area contributed by atoms with Gasteiger partial charge in [-0.3, -0.25) is 0 Å². The molecule has 144 valence electrons. The summed E-state index contributed by atoms with van der Waals surface area (Å²) in [5.41, 5.74) is 2.92. The number of anilines is 1. The lowest BCUT2D eigenvalue weighted by Gasteiger charge is -2.15. The number of rotatable bonds is 9. The largest absolute Gasteiger partial charge is 0.497 e. The van der Waals surface area contributed by atoms with E-state index in [1.54, 1.807) is 7.11 Å². The van der Waals surface area contributed by atoms with Crippen LogP contribution in [0.5, 0.6) is 5.75 Å². The number of halogens is 1. The zero-order valence-corrected chi connectivity index (χ0v) is 17.1.